The van der Waals surface area contributed by atoms with Crippen LogP contribution in [0.2, 0.25) is 0 Å². The summed E-state index contributed by atoms with van der Waals surface area (Å²) < 4.78 is 38.8. The average molecular weight is 320 g/mol. The molecule has 0 aromatic heterocycles. The zero-order chi connectivity index (χ0) is 16.4. The van der Waals surface area contributed by atoms with Gasteiger partial charge in [0, 0.05) is 24.3 Å². The molecule has 1 aliphatic rings. The quantitative estimate of drug-likeness (QED) is 0.907. The summed E-state index contributed by atoms with van der Waals surface area (Å²) in [4.78, 5) is 12.2. The van der Waals surface area contributed by atoms with Crippen LogP contribution in [-0.4, -0.2) is 12.5 Å². The van der Waals surface area contributed by atoms with Crippen molar-refractivity contribution >= 4 is 11.6 Å². The smallest absolute Gasteiger partial charge is 0.384 e. The van der Waals surface area contributed by atoms with Crippen molar-refractivity contribution in [1.29, 1.82) is 0 Å². The number of carbonyl (C=O) groups is 1. The monoisotopic (exact) mass is 320 g/mol. The Kier molecular flexibility index (Phi) is 3.98. The molecule has 2 aromatic rings. The van der Waals surface area contributed by atoms with Gasteiger partial charge in [-0.25, -0.2) is 0 Å². The summed E-state index contributed by atoms with van der Waals surface area (Å²) in [6.07, 6.45) is -3.59. The molecule has 3 nitrogen and oxygen atoms in total. The number of fused-ring (bicyclic) bond motifs is 1. The van der Waals surface area contributed by atoms with Gasteiger partial charge in [0.25, 0.3) is 5.91 Å². The molecule has 0 radical (unpaired) electrons. The van der Waals surface area contributed by atoms with Gasteiger partial charge in [-0.05, 0) is 41.8 Å². The molecule has 0 unspecified atom stereocenters. The van der Waals surface area contributed by atoms with Crippen LogP contribution in [0.25, 0.3) is 0 Å². The molecule has 23 heavy (non-hydrogen) atoms. The highest BCUT2D eigenvalue weighted by Crippen LogP contribution is 2.31. The van der Waals surface area contributed by atoms with Crippen molar-refractivity contribution in [3.05, 3.63) is 64.7 Å². The van der Waals surface area contributed by atoms with E-state index in [0.717, 1.165) is 30.3 Å². The van der Waals surface area contributed by atoms with Crippen LogP contribution in [0.5, 0.6) is 0 Å². The minimum Gasteiger partial charge on any atom is -0.384 e. The molecular weight excluding hydrogens is 305 g/mol. The number of anilines is 1. The lowest BCUT2D eigenvalue weighted by molar-refractivity contribution is -0.138. The number of hydrogen-bond donors (Lipinski definition) is 2. The summed E-state index contributed by atoms with van der Waals surface area (Å²) in [7, 11) is 0. The zero-order valence-electron chi connectivity index (χ0n) is 12.2. The fraction of sp³-hybridized carbons (Fsp3) is 0.235. The first-order valence-corrected chi connectivity index (χ1v) is 7.25. The van der Waals surface area contributed by atoms with Crippen LogP contribution < -0.4 is 10.6 Å². The third kappa shape index (κ3) is 3.31. The fourth-order valence-corrected chi connectivity index (χ4v) is 2.67. The van der Waals surface area contributed by atoms with Crippen molar-refractivity contribution in [3.8, 4) is 0 Å². The van der Waals surface area contributed by atoms with Crippen molar-refractivity contribution < 1.29 is 18.0 Å². The highest BCUT2D eigenvalue weighted by atomic mass is 19.4. The van der Waals surface area contributed by atoms with Crippen molar-refractivity contribution in [3.63, 3.8) is 0 Å². The van der Waals surface area contributed by atoms with Crippen LogP contribution in [0.15, 0.2) is 42.5 Å². The second-order valence-electron chi connectivity index (χ2n) is 5.39. The molecule has 1 aliphatic heterocycles. The number of amides is 1. The van der Waals surface area contributed by atoms with Gasteiger partial charge in [-0.15, -0.1) is 0 Å². The summed E-state index contributed by atoms with van der Waals surface area (Å²) in [6, 6.07) is 10.5. The van der Waals surface area contributed by atoms with E-state index in [-0.39, 0.29) is 18.0 Å². The molecule has 0 bridgehead atoms. The van der Waals surface area contributed by atoms with Crippen molar-refractivity contribution in [1.82, 2.24) is 5.32 Å². The van der Waals surface area contributed by atoms with E-state index in [9.17, 15) is 18.0 Å². The molecule has 3 rings (SSSR count). The molecule has 0 saturated heterocycles. The van der Waals surface area contributed by atoms with Crippen LogP contribution >= 0.6 is 0 Å². The normalized spacial score (nSPS) is 13.3. The molecule has 2 N–H and O–H groups in total. The van der Waals surface area contributed by atoms with Crippen molar-refractivity contribution in [2.24, 2.45) is 0 Å². The summed E-state index contributed by atoms with van der Waals surface area (Å²) in [5.74, 6) is -0.378. The predicted octanol–water partition coefficient (Wildman–Crippen LogP) is 3.60. The van der Waals surface area contributed by atoms with E-state index in [1.807, 2.05) is 6.07 Å². The highest BCUT2D eigenvalue weighted by Gasteiger charge is 2.32. The van der Waals surface area contributed by atoms with Crippen LogP contribution in [0.3, 0.4) is 0 Å². The Morgan fingerprint density at radius 1 is 1.17 bits per heavy atom. The molecule has 1 amide bonds. The first-order chi connectivity index (χ1) is 10.9. The van der Waals surface area contributed by atoms with Gasteiger partial charge < -0.3 is 10.6 Å². The summed E-state index contributed by atoms with van der Waals surface area (Å²) in [5.41, 5.74) is 1.84. The van der Waals surface area contributed by atoms with Gasteiger partial charge in [0.15, 0.2) is 0 Å². The maximum Gasteiger partial charge on any atom is 0.416 e. The van der Waals surface area contributed by atoms with E-state index in [1.165, 1.54) is 18.2 Å². The maximum atomic E-state index is 12.9. The van der Waals surface area contributed by atoms with Gasteiger partial charge in [-0.1, -0.05) is 18.2 Å². The summed E-state index contributed by atoms with van der Waals surface area (Å²) in [5, 5.41) is 5.75. The second kappa shape index (κ2) is 5.95. The zero-order valence-corrected chi connectivity index (χ0v) is 12.2. The number of halogens is 3. The van der Waals surface area contributed by atoms with Crippen LogP contribution in [0.1, 0.15) is 27.0 Å². The van der Waals surface area contributed by atoms with Crippen LogP contribution in [0.4, 0.5) is 18.9 Å². The summed E-state index contributed by atoms with van der Waals surface area (Å²) >= 11 is 0. The lowest BCUT2D eigenvalue weighted by Crippen LogP contribution is -2.24. The first-order valence-electron chi connectivity index (χ1n) is 7.25. The molecule has 1 heterocycles. The Balaban J connectivity index is 1.73. The molecule has 2 aromatic carbocycles. The average Bonchev–Trinajstić information content (AvgIpc) is 2.99. The molecule has 120 valence electrons. The number of alkyl halides is 3. The Hall–Kier alpha value is -2.50. The molecule has 0 atom stereocenters. The van der Waals surface area contributed by atoms with E-state index >= 15 is 0 Å². The number of nitrogens with one attached hydrogen (secondary N) is 2. The molecule has 0 spiro atoms. The third-order valence-electron chi connectivity index (χ3n) is 3.84. The van der Waals surface area contributed by atoms with E-state index in [1.54, 1.807) is 12.1 Å². The highest BCUT2D eigenvalue weighted by molar-refractivity contribution is 5.95. The molecule has 0 aliphatic carbocycles. The van der Waals surface area contributed by atoms with E-state index in [0.29, 0.717) is 5.56 Å². The Morgan fingerprint density at radius 2 is 1.96 bits per heavy atom. The number of rotatable bonds is 3. The molecule has 6 heteroatoms. The number of hydrogen-bond acceptors (Lipinski definition) is 2. The topological polar surface area (TPSA) is 41.1 Å². The first kappa shape index (κ1) is 15.4. The van der Waals surface area contributed by atoms with Gasteiger partial charge in [-0.2, -0.15) is 13.2 Å². The molecule has 0 saturated carbocycles. The van der Waals surface area contributed by atoms with Gasteiger partial charge in [0.1, 0.15) is 0 Å². The van der Waals surface area contributed by atoms with Crippen molar-refractivity contribution in [2.45, 2.75) is 19.1 Å². The van der Waals surface area contributed by atoms with Gasteiger partial charge in [-0.3, -0.25) is 4.79 Å². The van der Waals surface area contributed by atoms with E-state index < -0.39 is 11.7 Å². The Labute approximate surface area is 131 Å². The minimum atomic E-state index is -4.43. The third-order valence-corrected chi connectivity index (χ3v) is 3.84. The van der Waals surface area contributed by atoms with Gasteiger partial charge >= 0.3 is 6.18 Å². The second-order valence-corrected chi connectivity index (χ2v) is 5.39. The van der Waals surface area contributed by atoms with E-state index in [4.69, 9.17) is 0 Å². The Morgan fingerprint density at radius 3 is 2.74 bits per heavy atom. The predicted molar refractivity (Wildman–Crippen MR) is 81.2 cm³/mol. The van der Waals surface area contributed by atoms with Crippen molar-refractivity contribution in [2.75, 3.05) is 11.9 Å². The SMILES string of the molecule is O=C(NCc1ccccc1C(F)(F)F)c1ccc2c(c1)CCN2. The Bertz CT molecular complexity index is 741. The standard InChI is InChI=1S/C17H15F3N2O/c18-17(19,20)14-4-2-1-3-13(14)10-22-16(23)12-5-6-15-11(9-12)7-8-21-15/h1-6,9,21H,7-8,10H2,(H,22,23). The summed E-state index contributed by atoms with van der Waals surface area (Å²) in [6.45, 7) is 0.670. The largest absolute Gasteiger partial charge is 0.416 e. The minimum absolute atomic E-state index is 0.0520. The van der Waals surface area contributed by atoms with Crippen LogP contribution in [-0.2, 0) is 19.1 Å². The molecular formula is C17H15F3N2O. The lowest BCUT2D eigenvalue weighted by atomic mass is 10.1. The molecule has 0 fully saturated rings. The van der Waals surface area contributed by atoms with Gasteiger partial charge in [0.05, 0.1) is 5.56 Å². The lowest BCUT2D eigenvalue weighted by Gasteiger charge is -2.13. The fourth-order valence-electron chi connectivity index (χ4n) is 2.67. The maximum absolute atomic E-state index is 12.9. The number of carbonyl (C=O) groups excluding carboxylic acids is 1. The van der Waals surface area contributed by atoms with E-state index in [2.05, 4.69) is 10.6 Å². The number of benzene rings is 2. The van der Waals surface area contributed by atoms with Gasteiger partial charge in [0.2, 0.25) is 0 Å². The van der Waals surface area contributed by atoms with Crippen LogP contribution in [0, 0.1) is 0 Å².